The Hall–Kier alpha value is -2.04. The van der Waals surface area contributed by atoms with E-state index < -0.39 is 0 Å². The minimum atomic E-state index is -0.178. The van der Waals surface area contributed by atoms with Crippen LogP contribution < -0.4 is 15.4 Å². The van der Waals surface area contributed by atoms with Crippen molar-refractivity contribution in [2.75, 3.05) is 20.2 Å². The lowest BCUT2D eigenvalue weighted by Gasteiger charge is -2.56. The molecule has 1 aromatic carbocycles. The molecule has 5 heteroatoms. The van der Waals surface area contributed by atoms with E-state index in [-0.39, 0.29) is 17.2 Å². The predicted molar refractivity (Wildman–Crippen MR) is 104 cm³/mol. The molecule has 4 bridgehead atoms. The van der Waals surface area contributed by atoms with Crippen molar-refractivity contribution in [3.63, 3.8) is 0 Å². The van der Waals surface area contributed by atoms with Gasteiger partial charge in [0.1, 0.15) is 5.75 Å². The highest BCUT2D eigenvalue weighted by Gasteiger charge is 2.51. The number of rotatable bonds is 7. The van der Waals surface area contributed by atoms with Crippen LogP contribution in [0.4, 0.5) is 0 Å². The Balaban J connectivity index is 1.22. The van der Waals surface area contributed by atoms with E-state index in [2.05, 4.69) is 10.6 Å². The fourth-order valence-electron chi connectivity index (χ4n) is 6.22. The normalized spacial score (nSPS) is 30.8. The number of carbonyl (C=O) groups excluding carboxylic acids is 2. The van der Waals surface area contributed by atoms with Gasteiger partial charge in [-0.15, -0.1) is 0 Å². The Morgan fingerprint density at radius 2 is 1.59 bits per heavy atom. The lowest BCUT2D eigenvalue weighted by atomic mass is 9.49. The standard InChI is InChI=1S/C22H30N2O3/c1-27-19-5-3-2-4-18(19)21(26)24-7-6-23-20(25)14-22-11-15-8-16(12-22)10-17(9-15)13-22/h2-5,15-17H,6-14H2,1H3,(H,23,25)(H,24,26). The summed E-state index contributed by atoms with van der Waals surface area (Å²) in [6, 6.07) is 7.15. The highest BCUT2D eigenvalue weighted by Crippen LogP contribution is 2.61. The molecule has 146 valence electrons. The van der Waals surface area contributed by atoms with Crippen molar-refractivity contribution < 1.29 is 14.3 Å². The maximum absolute atomic E-state index is 12.5. The zero-order chi connectivity index (χ0) is 18.9. The maximum atomic E-state index is 12.5. The first-order valence-electron chi connectivity index (χ1n) is 10.2. The first-order valence-corrected chi connectivity index (χ1v) is 10.2. The molecule has 4 saturated carbocycles. The Bertz CT molecular complexity index is 680. The second-order valence-corrected chi connectivity index (χ2v) is 8.90. The zero-order valence-corrected chi connectivity index (χ0v) is 16.1. The molecule has 0 radical (unpaired) electrons. The fraction of sp³-hybridized carbons (Fsp3) is 0.636. The largest absolute Gasteiger partial charge is 0.496 e. The molecule has 0 heterocycles. The van der Waals surface area contributed by atoms with Gasteiger partial charge in [0.25, 0.3) is 5.91 Å². The third-order valence-corrected chi connectivity index (χ3v) is 6.78. The molecule has 0 atom stereocenters. The summed E-state index contributed by atoms with van der Waals surface area (Å²) in [7, 11) is 1.55. The summed E-state index contributed by atoms with van der Waals surface area (Å²) in [5.41, 5.74) is 0.777. The number of methoxy groups -OCH3 is 1. The van der Waals surface area contributed by atoms with Crippen molar-refractivity contribution in [2.24, 2.45) is 23.2 Å². The Kier molecular flexibility index (Phi) is 5.11. The summed E-state index contributed by atoms with van der Waals surface area (Å²) in [4.78, 5) is 24.8. The molecule has 27 heavy (non-hydrogen) atoms. The molecule has 0 aliphatic heterocycles. The molecule has 5 nitrogen and oxygen atoms in total. The predicted octanol–water partition coefficient (Wildman–Crippen LogP) is 3.15. The summed E-state index contributed by atoms with van der Waals surface area (Å²) in [6.45, 7) is 0.885. The van der Waals surface area contributed by atoms with E-state index in [1.807, 2.05) is 12.1 Å². The van der Waals surface area contributed by atoms with Gasteiger partial charge in [0.05, 0.1) is 12.7 Å². The molecule has 4 aliphatic rings. The van der Waals surface area contributed by atoms with Gasteiger partial charge in [-0.2, -0.15) is 0 Å². The molecule has 0 spiro atoms. The van der Waals surface area contributed by atoms with Crippen LogP contribution >= 0.6 is 0 Å². The topological polar surface area (TPSA) is 67.4 Å². The third kappa shape index (κ3) is 3.97. The van der Waals surface area contributed by atoms with Crippen molar-refractivity contribution in [3.05, 3.63) is 29.8 Å². The number of carbonyl (C=O) groups is 2. The number of hydrogen-bond acceptors (Lipinski definition) is 3. The van der Waals surface area contributed by atoms with Gasteiger partial charge in [-0.05, 0) is 73.8 Å². The number of para-hydroxylation sites is 1. The smallest absolute Gasteiger partial charge is 0.255 e. The van der Waals surface area contributed by atoms with Gasteiger partial charge in [0.2, 0.25) is 5.91 Å². The van der Waals surface area contributed by atoms with Crippen molar-refractivity contribution in [1.29, 1.82) is 0 Å². The van der Waals surface area contributed by atoms with Gasteiger partial charge in [0.15, 0.2) is 0 Å². The summed E-state index contributed by atoms with van der Waals surface area (Å²) in [5, 5.41) is 5.86. The second-order valence-electron chi connectivity index (χ2n) is 8.90. The van der Waals surface area contributed by atoms with Crippen molar-refractivity contribution in [2.45, 2.75) is 44.9 Å². The van der Waals surface area contributed by atoms with Crippen LogP contribution in [0, 0.1) is 23.2 Å². The van der Waals surface area contributed by atoms with E-state index in [1.54, 1.807) is 19.2 Å². The van der Waals surface area contributed by atoms with Crippen LogP contribution in [-0.4, -0.2) is 32.0 Å². The molecular weight excluding hydrogens is 340 g/mol. The summed E-state index contributed by atoms with van der Waals surface area (Å²) in [6.07, 6.45) is 8.60. The van der Waals surface area contributed by atoms with E-state index in [4.69, 9.17) is 4.74 Å². The minimum Gasteiger partial charge on any atom is -0.496 e. The molecule has 0 unspecified atom stereocenters. The molecule has 2 amide bonds. The lowest BCUT2D eigenvalue weighted by molar-refractivity contribution is -0.129. The summed E-state index contributed by atoms with van der Waals surface area (Å²) in [5.74, 6) is 3.12. The van der Waals surface area contributed by atoms with Gasteiger partial charge in [-0.3, -0.25) is 9.59 Å². The monoisotopic (exact) mass is 370 g/mol. The van der Waals surface area contributed by atoms with Gasteiger partial charge in [0, 0.05) is 19.5 Å². The average Bonchev–Trinajstić information content (AvgIpc) is 2.63. The minimum absolute atomic E-state index is 0.142. The zero-order valence-electron chi connectivity index (χ0n) is 16.1. The molecule has 2 N–H and O–H groups in total. The van der Waals surface area contributed by atoms with Crippen molar-refractivity contribution >= 4 is 11.8 Å². The number of nitrogens with one attached hydrogen (secondary N) is 2. The molecule has 0 saturated heterocycles. The number of benzene rings is 1. The van der Waals surface area contributed by atoms with Gasteiger partial charge < -0.3 is 15.4 Å². The molecule has 1 aromatic rings. The molecular formula is C22H30N2O3. The van der Waals surface area contributed by atoms with Crippen LogP contribution in [0.25, 0.3) is 0 Å². The molecule has 4 fully saturated rings. The number of ether oxygens (including phenoxy) is 1. The van der Waals surface area contributed by atoms with Crippen LogP contribution in [-0.2, 0) is 4.79 Å². The quantitative estimate of drug-likeness (QED) is 0.725. The first kappa shape index (κ1) is 18.3. The van der Waals surface area contributed by atoms with Gasteiger partial charge in [-0.25, -0.2) is 0 Å². The van der Waals surface area contributed by atoms with Gasteiger partial charge >= 0.3 is 0 Å². The Labute approximate surface area is 161 Å². The first-order chi connectivity index (χ1) is 13.1. The molecule has 4 aliphatic carbocycles. The van der Waals surface area contributed by atoms with Crippen LogP contribution in [0.2, 0.25) is 0 Å². The van der Waals surface area contributed by atoms with Crippen LogP contribution in [0.15, 0.2) is 24.3 Å². The molecule has 5 rings (SSSR count). The molecule has 0 aromatic heterocycles. The van der Waals surface area contributed by atoms with E-state index in [0.29, 0.717) is 30.8 Å². The van der Waals surface area contributed by atoms with Crippen molar-refractivity contribution in [1.82, 2.24) is 10.6 Å². The van der Waals surface area contributed by atoms with E-state index in [9.17, 15) is 9.59 Å². The highest BCUT2D eigenvalue weighted by atomic mass is 16.5. The van der Waals surface area contributed by atoms with Crippen molar-refractivity contribution in [3.8, 4) is 5.75 Å². The second kappa shape index (κ2) is 7.53. The van der Waals surface area contributed by atoms with E-state index >= 15 is 0 Å². The van der Waals surface area contributed by atoms with E-state index in [1.165, 1.54) is 38.5 Å². The summed E-state index contributed by atoms with van der Waals surface area (Å²) >= 11 is 0. The van der Waals surface area contributed by atoms with Crippen LogP contribution in [0.5, 0.6) is 5.75 Å². The lowest BCUT2D eigenvalue weighted by Crippen LogP contribution is -2.48. The average molecular weight is 370 g/mol. The number of amides is 2. The SMILES string of the molecule is COc1ccccc1C(=O)NCCNC(=O)CC12CC3CC(CC(C3)C1)C2. The highest BCUT2D eigenvalue weighted by molar-refractivity contribution is 5.96. The van der Waals surface area contributed by atoms with Crippen LogP contribution in [0.3, 0.4) is 0 Å². The van der Waals surface area contributed by atoms with E-state index in [0.717, 1.165) is 17.8 Å². The number of hydrogen-bond donors (Lipinski definition) is 2. The third-order valence-electron chi connectivity index (χ3n) is 6.78. The fourth-order valence-corrected chi connectivity index (χ4v) is 6.22. The van der Waals surface area contributed by atoms with Gasteiger partial charge in [-0.1, -0.05) is 12.1 Å². The Morgan fingerprint density at radius 3 is 2.22 bits per heavy atom. The van der Waals surface area contributed by atoms with Crippen LogP contribution in [0.1, 0.15) is 55.3 Å². The maximum Gasteiger partial charge on any atom is 0.255 e. The summed E-state index contributed by atoms with van der Waals surface area (Å²) < 4.78 is 5.21. The Morgan fingerprint density at radius 1 is 1.00 bits per heavy atom.